The second-order valence-corrected chi connectivity index (χ2v) is 6.38. The normalized spacial score (nSPS) is 25.0. The van der Waals surface area contributed by atoms with Crippen LogP contribution in [0.3, 0.4) is 0 Å². The number of benzene rings is 2. The summed E-state index contributed by atoms with van der Waals surface area (Å²) in [5.41, 5.74) is 4.36. The molecule has 2 aromatic rings. The second-order valence-electron chi connectivity index (χ2n) is 5.94. The minimum absolute atomic E-state index is 0.276. The predicted octanol–water partition coefficient (Wildman–Crippen LogP) is 5.04. The van der Waals surface area contributed by atoms with Crippen LogP contribution in [0.1, 0.15) is 35.1 Å². The zero-order valence-corrected chi connectivity index (χ0v) is 12.7. The SMILES string of the molecule is N#Cc1ccc2c(c1)C1C=CCC1C(c1ccc(Cl)cc1)N2. The quantitative estimate of drug-likeness (QED) is 0.749. The number of allylic oxidation sites excluding steroid dienone is 2. The highest BCUT2D eigenvalue weighted by molar-refractivity contribution is 6.30. The zero-order valence-electron chi connectivity index (χ0n) is 12.0. The van der Waals surface area contributed by atoms with Crippen LogP contribution in [0.4, 0.5) is 5.69 Å². The first-order chi connectivity index (χ1) is 10.8. The van der Waals surface area contributed by atoms with E-state index in [9.17, 15) is 0 Å². The number of nitrogens with one attached hydrogen (secondary N) is 1. The number of fused-ring (bicyclic) bond motifs is 3. The molecule has 3 unspecified atom stereocenters. The van der Waals surface area contributed by atoms with Gasteiger partial charge in [-0.15, -0.1) is 0 Å². The third-order valence-electron chi connectivity index (χ3n) is 4.72. The van der Waals surface area contributed by atoms with Crippen molar-refractivity contribution in [1.82, 2.24) is 0 Å². The summed E-state index contributed by atoms with van der Waals surface area (Å²) in [5.74, 6) is 0.868. The van der Waals surface area contributed by atoms with E-state index in [1.54, 1.807) is 0 Å². The minimum Gasteiger partial charge on any atom is -0.378 e. The van der Waals surface area contributed by atoms with E-state index in [-0.39, 0.29) is 6.04 Å². The lowest BCUT2D eigenvalue weighted by Gasteiger charge is -2.37. The van der Waals surface area contributed by atoms with Crippen LogP contribution in [-0.2, 0) is 0 Å². The van der Waals surface area contributed by atoms with E-state index in [2.05, 4.69) is 35.7 Å². The van der Waals surface area contributed by atoms with Gasteiger partial charge in [0.15, 0.2) is 0 Å². The van der Waals surface area contributed by atoms with E-state index in [1.165, 1.54) is 11.1 Å². The van der Waals surface area contributed by atoms with Crippen molar-refractivity contribution >= 4 is 17.3 Å². The Morgan fingerprint density at radius 2 is 1.95 bits per heavy atom. The highest BCUT2D eigenvalue weighted by atomic mass is 35.5. The Bertz CT molecular complexity index is 786. The smallest absolute Gasteiger partial charge is 0.0991 e. The number of hydrogen-bond donors (Lipinski definition) is 1. The fourth-order valence-corrected chi connectivity index (χ4v) is 3.79. The van der Waals surface area contributed by atoms with Crippen LogP contribution in [0.15, 0.2) is 54.6 Å². The van der Waals surface area contributed by atoms with E-state index < -0.39 is 0 Å². The zero-order chi connectivity index (χ0) is 15.1. The molecule has 0 spiro atoms. The van der Waals surface area contributed by atoms with Gasteiger partial charge in [0.2, 0.25) is 0 Å². The van der Waals surface area contributed by atoms with Crippen LogP contribution in [0.25, 0.3) is 0 Å². The summed E-state index contributed by atoms with van der Waals surface area (Å²) in [6.45, 7) is 0. The molecule has 0 fully saturated rings. The first-order valence-electron chi connectivity index (χ1n) is 7.49. The summed E-state index contributed by atoms with van der Waals surface area (Å²) in [6.07, 6.45) is 5.60. The maximum Gasteiger partial charge on any atom is 0.0991 e. The molecule has 108 valence electrons. The summed E-state index contributed by atoms with van der Waals surface area (Å²) in [4.78, 5) is 0. The molecule has 0 saturated heterocycles. The summed E-state index contributed by atoms with van der Waals surface area (Å²) >= 11 is 6.01. The van der Waals surface area contributed by atoms with Gasteiger partial charge in [0.1, 0.15) is 0 Å². The average Bonchev–Trinajstić information content (AvgIpc) is 3.04. The molecule has 0 aromatic heterocycles. The van der Waals surface area contributed by atoms with E-state index in [4.69, 9.17) is 16.9 Å². The molecule has 0 bridgehead atoms. The third kappa shape index (κ3) is 2.10. The number of hydrogen-bond acceptors (Lipinski definition) is 2. The largest absolute Gasteiger partial charge is 0.378 e. The molecule has 1 aliphatic heterocycles. The van der Waals surface area contributed by atoms with Crippen molar-refractivity contribution in [3.63, 3.8) is 0 Å². The van der Waals surface area contributed by atoms with Crippen LogP contribution in [0, 0.1) is 17.2 Å². The Hall–Kier alpha value is -2.24. The van der Waals surface area contributed by atoms with E-state index >= 15 is 0 Å². The first-order valence-corrected chi connectivity index (χ1v) is 7.87. The van der Waals surface area contributed by atoms with Crippen molar-refractivity contribution in [2.75, 3.05) is 5.32 Å². The molecule has 2 nitrogen and oxygen atoms in total. The maximum absolute atomic E-state index is 9.13. The van der Waals surface area contributed by atoms with Gasteiger partial charge in [-0.1, -0.05) is 35.9 Å². The van der Waals surface area contributed by atoms with Gasteiger partial charge >= 0.3 is 0 Å². The average molecular weight is 307 g/mol. The Labute approximate surface area is 135 Å². The van der Waals surface area contributed by atoms with Crippen LogP contribution in [0.2, 0.25) is 5.02 Å². The van der Waals surface area contributed by atoms with Gasteiger partial charge in [0.05, 0.1) is 17.7 Å². The molecule has 0 amide bonds. The van der Waals surface area contributed by atoms with Gasteiger partial charge in [0, 0.05) is 16.6 Å². The van der Waals surface area contributed by atoms with Crippen molar-refractivity contribution in [3.8, 4) is 6.07 Å². The lowest BCUT2D eigenvalue weighted by molar-refractivity contribution is 0.425. The molecule has 1 N–H and O–H groups in total. The highest BCUT2D eigenvalue weighted by Gasteiger charge is 2.37. The molecule has 0 saturated carbocycles. The molecule has 2 aliphatic rings. The molecular formula is C19H15ClN2. The number of anilines is 1. The fourth-order valence-electron chi connectivity index (χ4n) is 3.66. The Kier molecular flexibility index (Phi) is 3.17. The van der Waals surface area contributed by atoms with Crippen LogP contribution >= 0.6 is 11.6 Å². The summed E-state index contributed by atoms with van der Waals surface area (Å²) in [6, 6.07) is 16.5. The molecule has 3 heteroatoms. The number of halogens is 1. The topological polar surface area (TPSA) is 35.8 Å². The molecule has 4 rings (SSSR count). The van der Waals surface area contributed by atoms with Crippen molar-refractivity contribution in [2.45, 2.75) is 18.4 Å². The molecule has 1 heterocycles. The number of nitrogens with zero attached hydrogens (tertiary/aromatic N) is 1. The summed E-state index contributed by atoms with van der Waals surface area (Å²) in [5, 5.41) is 13.6. The van der Waals surface area contributed by atoms with E-state index in [1.807, 2.05) is 30.3 Å². The maximum atomic E-state index is 9.13. The van der Waals surface area contributed by atoms with Crippen LogP contribution < -0.4 is 5.32 Å². The molecule has 22 heavy (non-hydrogen) atoms. The fraction of sp³-hybridized carbons (Fsp3) is 0.211. The molecule has 3 atom stereocenters. The van der Waals surface area contributed by atoms with Crippen molar-refractivity contribution in [2.24, 2.45) is 5.92 Å². The molecular weight excluding hydrogens is 292 g/mol. The molecule has 2 aromatic carbocycles. The van der Waals surface area contributed by atoms with Crippen molar-refractivity contribution in [1.29, 1.82) is 5.26 Å². The summed E-state index contributed by atoms with van der Waals surface area (Å²) < 4.78 is 0. The van der Waals surface area contributed by atoms with Gasteiger partial charge in [-0.25, -0.2) is 0 Å². The third-order valence-corrected chi connectivity index (χ3v) is 4.97. The second kappa shape index (κ2) is 5.19. The molecule has 0 radical (unpaired) electrons. The Morgan fingerprint density at radius 3 is 2.73 bits per heavy atom. The van der Waals surface area contributed by atoms with E-state index in [0.29, 0.717) is 11.8 Å². The van der Waals surface area contributed by atoms with Crippen molar-refractivity contribution in [3.05, 3.63) is 76.3 Å². The predicted molar refractivity (Wildman–Crippen MR) is 89.0 cm³/mol. The van der Waals surface area contributed by atoms with Gasteiger partial charge in [-0.05, 0) is 53.8 Å². The lowest BCUT2D eigenvalue weighted by atomic mass is 9.76. The number of rotatable bonds is 1. The van der Waals surface area contributed by atoms with E-state index in [0.717, 1.165) is 22.7 Å². The summed E-state index contributed by atoms with van der Waals surface area (Å²) in [7, 11) is 0. The number of nitriles is 1. The first kappa shape index (κ1) is 13.4. The van der Waals surface area contributed by atoms with Crippen molar-refractivity contribution < 1.29 is 0 Å². The Morgan fingerprint density at radius 1 is 1.14 bits per heavy atom. The Balaban J connectivity index is 1.78. The van der Waals surface area contributed by atoms with Gasteiger partial charge < -0.3 is 5.32 Å². The van der Waals surface area contributed by atoms with Gasteiger partial charge in [0.25, 0.3) is 0 Å². The van der Waals surface area contributed by atoms with Crippen LogP contribution in [0.5, 0.6) is 0 Å². The standard InChI is InChI=1S/C19H15ClN2/c20-14-7-5-13(6-8-14)19-16-3-1-2-15(16)17-10-12(11-21)4-9-18(17)22-19/h1-2,4-10,15-16,19,22H,3H2. The monoisotopic (exact) mass is 306 g/mol. The van der Waals surface area contributed by atoms with Gasteiger partial charge in [-0.2, -0.15) is 5.26 Å². The lowest BCUT2D eigenvalue weighted by Crippen LogP contribution is -2.29. The highest BCUT2D eigenvalue weighted by Crippen LogP contribution is 2.49. The molecule has 1 aliphatic carbocycles. The van der Waals surface area contributed by atoms with Gasteiger partial charge in [-0.3, -0.25) is 0 Å². The van der Waals surface area contributed by atoms with Crippen LogP contribution in [-0.4, -0.2) is 0 Å². The minimum atomic E-state index is 0.276.